The Hall–Kier alpha value is -6.18. The van der Waals surface area contributed by atoms with Crippen LogP contribution in [0.1, 0.15) is 5.56 Å². The maximum Gasteiger partial charge on any atom is 0.143 e. The minimum atomic E-state index is 0.901. The van der Waals surface area contributed by atoms with Crippen molar-refractivity contribution in [2.24, 2.45) is 0 Å². The first-order valence-electron chi connectivity index (χ1n) is 16.6. The lowest BCUT2D eigenvalue weighted by molar-refractivity contribution is 0.670. The van der Waals surface area contributed by atoms with E-state index in [1.165, 1.54) is 76.5 Å². The van der Waals surface area contributed by atoms with Crippen molar-refractivity contribution < 1.29 is 4.42 Å². The van der Waals surface area contributed by atoms with E-state index in [0.717, 1.165) is 27.5 Å². The van der Waals surface area contributed by atoms with Crippen molar-refractivity contribution >= 4 is 65.0 Å². The van der Waals surface area contributed by atoms with Crippen molar-refractivity contribution in [3.63, 3.8) is 0 Å². The summed E-state index contributed by atoms with van der Waals surface area (Å²) in [6.45, 7) is 2.24. The Balaban J connectivity index is 1.33. The number of rotatable bonds is 3. The fraction of sp³-hybridized carbons (Fsp3) is 0.0213. The van der Waals surface area contributed by atoms with Crippen LogP contribution >= 0.6 is 0 Å². The van der Waals surface area contributed by atoms with Crippen LogP contribution in [-0.4, -0.2) is 0 Å². The number of benzene rings is 9. The van der Waals surface area contributed by atoms with E-state index < -0.39 is 0 Å². The summed E-state index contributed by atoms with van der Waals surface area (Å²) in [7, 11) is 0. The quantitative estimate of drug-likeness (QED) is 0.181. The summed E-state index contributed by atoms with van der Waals surface area (Å²) in [5, 5.41) is 12.3. The molecule has 0 saturated heterocycles. The molecule has 1 heteroatoms. The van der Waals surface area contributed by atoms with Crippen LogP contribution < -0.4 is 0 Å². The highest BCUT2D eigenvalue weighted by atomic mass is 16.3. The van der Waals surface area contributed by atoms with Crippen LogP contribution in [-0.2, 0) is 0 Å². The smallest absolute Gasteiger partial charge is 0.143 e. The third-order valence-electron chi connectivity index (χ3n) is 10.3. The first kappa shape index (κ1) is 27.0. The summed E-state index contributed by atoms with van der Waals surface area (Å²) in [5.41, 5.74) is 10.4. The molecule has 0 aliphatic carbocycles. The molecule has 0 saturated carbocycles. The van der Waals surface area contributed by atoms with Gasteiger partial charge in [0.1, 0.15) is 11.2 Å². The molecule has 0 N–H and O–H groups in total. The molecule has 0 atom stereocenters. The molecule has 0 unspecified atom stereocenters. The Kier molecular flexibility index (Phi) is 5.86. The van der Waals surface area contributed by atoms with E-state index in [4.69, 9.17) is 4.42 Å². The Morgan fingerprint density at radius 3 is 1.33 bits per heavy atom. The van der Waals surface area contributed by atoms with Gasteiger partial charge in [0.05, 0.1) is 0 Å². The summed E-state index contributed by atoms with van der Waals surface area (Å²) in [5.74, 6) is 0. The molecule has 224 valence electrons. The third-order valence-corrected chi connectivity index (χ3v) is 10.3. The molecule has 1 aromatic heterocycles. The molecule has 48 heavy (non-hydrogen) atoms. The second-order valence-electron chi connectivity index (χ2n) is 12.8. The lowest BCUT2D eigenvalue weighted by Crippen LogP contribution is -1.91. The Morgan fingerprint density at radius 1 is 0.333 bits per heavy atom. The van der Waals surface area contributed by atoms with E-state index in [1.807, 2.05) is 0 Å². The number of hydrogen-bond acceptors (Lipinski definition) is 1. The maximum absolute atomic E-state index is 6.96. The molecular formula is C47H30O. The van der Waals surface area contributed by atoms with Crippen LogP contribution in [0.5, 0.6) is 0 Å². The van der Waals surface area contributed by atoms with Crippen LogP contribution in [0.15, 0.2) is 168 Å². The van der Waals surface area contributed by atoms with Gasteiger partial charge in [-0.1, -0.05) is 158 Å². The summed E-state index contributed by atoms with van der Waals surface area (Å²) in [6.07, 6.45) is 0. The van der Waals surface area contributed by atoms with E-state index >= 15 is 0 Å². The summed E-state index contributed by atoms with van der Waals surface area (Å²) >= 11 is 0. The topological polar surface area (TPSA) is 13.1 Å². The monoisotopic (exact) mass is 610 g/mol. The molecule has 0 bridgehead atoms. The highest BCUT2D eigenvalue weighted by Gasteiger charge is 2.22. The zero-order chi connectivity index (χ0) is 31.8. The van der Waals surface area contributed by atoms with Gasteiger partial charge in [-0.2, -0.15) is 0 Å². The van der Waals surface area contributed by atoms with Crippen LogP contribution in [0.3, 0.4) is 0 Å². The second-order valence-corrected chi connectivity index (χ2v) is 12.8. The molecule has 1 heterocycles. The molecule has 10 aromatic rings. The average molecular weight is 611 g/mol. The molecule has 0 spiro atoms. The Labute approximate surface area is 278 Å². The standard InChI is InChI=1S/C47H30O/c1-29-31-17-5-7-19-33(31)44(34-20-8-6-18-32(29)34)39-25-14-28-42-46(39)41-27-13-26-40(47(41)48-42)45-37-23-11-9-21-35(37)43(30-15-3-2-4-16-30)36-22-10-12-24-38(36)45/h2-28H,1H3. The molecule has 10 rings (SSSR count). The fourth-order valence-electron chi connectivity index (χ4n) is 8.22. The van der Waals surface area contributed by atoms with E-state index in [1.54, 1.807) is 0 Å². The summed E-state index contributed by atoms with van der Waals surface area (Å²) in [6, 6.07) is 59.3. The summed E-state index contributed by atoms with van der Waals surface area (Å²) < 4.78 is 6.96. The van der Waals surface area contributed by atoms with E-state index in [9.17, 15) is 0 Å². The van der Waals surface area contributed by atoms with E-state index in [2.05, 4.69) is 171 Å². The minimum absolute atomic E-state index is 0.901. The predicted octanol–water partition coefficient (Wildman–Crippen LogP) is 13.5. The largest absolute Gasteiger partial charge is 0.455 e. The van der Waals surface area contributed by atoms with Crippen LogP contribution in [0, 0.1) is 6.92 Å². The van der Waals surface area contributed by atoms with Gasteiger partial charge in [0.25, 0.3) is 0 Å². The van der Waals surface area contributed by atoms with Crippen molar-refractivity contribution in [1.82, 2.24) is 0 Å². The van der Waals surface area contributed by atoms with Crippen LogP contribution in [0.4, 0.5) is 0 Å². The molecule has 0 radical (unpaired) electrons. The van der Waals surface area contributed by atoms with Crippen LogP contribution in [0.2, 0.25) is 0 Å². The van der Waals surface area contributed by atoms with E-state index in [0.29, 0.717) is 0 Å². The SMILES string of the molecule is Cc1c2ccccc2c(-c2cccc3oc4c(-c5c6ccccc6c(-c6ccccc6)c6ccccc56)cccc4c23)c2ccccc12. The molecule has 0 aliphatic heterocycles. The van der Waals surface area contributed by atoms with Gasteiger partial charge in [-0.05, 0) is 83.9 Å². The van der Waals surface area contributed by atoms with Crippen molar-refractivity contribution in [2.45, 2.75) is 6.92 Å². The highest BCUT2D eigenvalue weighted by Crippen LogP contribution is 2.49. The number of para-hydroxylation sites is 1. The van der Waals surface area contributed by atoms with Gasteiger partial charge in [-0.25, -0.2) is 0 Å². The van der Waals surface area contributed by atoms with Crippen molar-refractivity contribution in [3.8, 4) is 33.4 Å². The van der Waals surface area contributed by atoms with Crippen molar-refractivity contribution in [2.75, 3.05) is 0 Å². The maximum atomic E-state index is 6.96. The number of hydrogen-bond donors (Lipinski definition) is 0. The zero-order valence-electron chi connectivity index (χ0n) is 26.5. The van der Waals surface area contributed by atoms with Crippen molar-refractivity contribution in [3.05, 3.63) is 169 Å². The minimum Gasteiger partial charge on any atom is -0.455 e. The number of aryl methyl sites for hydroxylation is 1. The zero-order valence-corrected chi connectivity index (χ0v) is 26.5. The molecule has 0 amide bonds. The lowest BCUT2D eigenvalue weighted by atomic mass is 9.85. The Bertz CT molecular complexity index is 2780. The fourth-order valence-corrected chi connectivity index (χ4v) is 8.22. The highest BCUT2D eigenvalue weighted by molar-refractivity contribution is 6.26. The molecule has 9 aromatic carbocycles. The number of furan rings is 1. The molecule has 0 fully saturated rings. The van der Waals surface area contributed by atoms with E-state index in [-0.39, 0.29) is 0 Å². The molecule has 1 nitrogen and oxygen atoms in total. The Morgan fingerprint density at radius 2 is 0.750 bits per heavy atom. The third kappa shape index (κ3) is 3.79. The normalized spacial score (nSPS) is 11.9. The van der Waals surface area contributed by atoms with Gasteiger partial charge >= 0.3 is 0 Å². The van der Waals surface area contributed by atoms with Gasteiger partial charge in [0.2, 0.25) is 0 Å². The molecule has 0 aliphatic rings. The first-order valence-corrected chi connectivity index (χ1v) is 16.6. The van der Waals surface area contributed by atoms with Gasteiger partial charge in [0.15, 0.2) is 0 Å². The predicted molar refractivity (Wildman–Crippen MR) is 205 cm³/mol. The van der Waals surface area contributed by atoms with Gasteiger partial charge < -0.3 is 4.42 Å². The molecular weight excluding hydrogens is 581 g/mol. The second kappa shape index (κ2) is 10.4. The van der Waals surface area contributed by atoms with Gasteiger partial charge in [-0.15, -0.1) is 0 Å². The number of fused-ring (bicyclic) bond motifs is 7. The lowest BCUT2D eigenvalue weighted by Gasteiger charge is -2.17. The van der Waals surface area contributed by atoms with Crippen LogP contribution in [0.25, 0.3) is 98.4 Å². The van der Waals surface area contributed by atoms with Crippen molar-refractivity contribution in [1.29, 1.82) is 0 Å². The van der Waals surface area contributed by atoms with Gasteiger partial charge in [0, 0.05) is 21.9 Å². The summed E-state index contributed by atoms with van der Waals surface area (Å²) in [4.78, 5) is 0. The first-order chi connectivity index (χ1) is 23.8. The van der Waals surface area contributed by atoms with Gasteiger partial charge in [-0.3, -0.25) is 0 Å². The average Bonchev–Trinajstić information content (AvgIpc) is 3.54.